The van der Waals surface area contributed by atoms with Gasteiger partial charge >= 0.3 is 0 Å². The second kappa shape index (κ2) is 4.96. The molecule has 3 rings (SSSR count). The van der Waals surface area contributed by atoms with E-state index in [1.54, 1.807) is 7.11 Å². The molecule has 0 aliphatic carbocycles. The molecule has 0 atom stereocenters. The molecule has 0 saturated carbocycles. The Morgan fingerprint density at radius 3 is 2.63 bits per heavy atom. The molecule has 19 heavy (non-hydrogen) atoms. The molecular formula is C17H19NO. The minimum Gasteiger partial charge on any atom is -0.497 e. The second-order valence-corrected chi connectivity index (χ2v) is 4.95. The molecule has 0 spiro atoms. The topological polar surface area (TPSA) is 12.5 Å². The SMILES string of the molecule is CCCN1c2ccccc2Cc2cc(OC)ccc21. The van der Waals surface area contributed by atoms with Crippen molar-refractivity contribution < 1.29 is 4.74 Å². The smallest absolute Gasteiger partial charge is 0.119 e. The van der Waals surface area contributed by atoms with Gasteiger partial charge in [0, 0.05) is 24.3 Å². The molecule has 0 N–H and O–H groups in total. The zero-order valence-corrected chi connectivity index (χ0v) is 11.5. The summed E-state index contributed by atoms with van der Waals surface area (Å²) in [6.07, 6.45) is 2.13. The van der Waals surface area contributed by atoms with Crippen molar-refractivity contribution in [3.8, 4) is 5.75 Å². The van der Waals surface area contributed by atoms with Crippen molar-refractivity contribution in [2.45, 2.75) is 19.8 Å². The summed E-state index contributed by atoms with van der Waals surface area (Å²) in [7, 11) is 1.72. The van der Waals surface area contributed by atoms with Crippen LogP contribution in [-0.4, -0.2) is 13.7 Å². The fraction of sp³-hybridized carbons (Fsp3) is 0.294. The first-order chi connectivity index (χ1) is 9.33. The number of rotatable bonds is 3. The van der Waals surface area contributed by atoms with Crippen molar-refractivity contribution in [3.05, 3.63) is 53.6 Å². The quantitative estimate of drug-likeness (QED) is 0.815. The van der Waals surface area contributed by atoms with E-state index in [-0.39, 0.29) is 0 Å². The summed E-state index contributed by atoms with van der Waals surface area (Å²) in [5.74, 6) is 0.939. The van der Waals surface area contributed by atoms with Gasteiger partial charge in [-0.05, 0) is 41.8 Å². The molecule has 0 radical (unpaired) electrons. The van der Waals surface area contributed by atoms with Crippen LogP contribution in [0.5, 0.6) is 5.75 Å². The molecule has 2 heteroatoms. The van der Waals surface area contributed by atoms with Crippen LogP contribution in [0.1, 0.15) is 24.5 Å². The summed E-state index contributed by atoms with van der Waals surface area (Å²) >= 11 is 0. The fourth-order valence-electron chi connectivity index (χ4n) is 2.82. The number of anilines is 2. The minimum absolute atomic E-state index is 0.939. The van der Waals surface area contributed by atoms with Gasteiger partial charge in [0.15, 0.2) is 0 Å². The molecule has 1 aliphatic heterocycles. The molecule has 0 bridgehead atoms. The number of methoxy groups -OCH3 is 1. The van der Waals surface area contributed by atoms with E-state index >= 15 is 0 Å². The number of hydrogen-bond donors (Lipinski definition) is 0. The van der Waals surface area contributed by atoms with Gasteiger partial charge in [-0.2, -0.15) is 0 Å². The molecule has 0 amide bonds. The highest BCUT2D eigenvalue weighted by Gasteiger charge is 2.21. The average Bonchev–Trinajstić information content (AvgIpc) is 2.46. The van der Waals surface area contributed by atoms with Crippen molar-refractivity contribution >= 4 is 11.4 Å². The van der Waals surface area contributed by atoms with Crippen molar-refractivity contribution in [3.63, 3.8) is 0 Å². The molecular weight excluding hydrogens is 234 g/mol. The van der Waals surface area contributed by atoms with Gasteiger partial charge in [0.05, 0.1) is 7.11 Å². The molecule has 0 unspecified atom stereocenters. The third kappa shape index (κ3) is 2.07. The Morgan fingerprint density at radius 2 is 1.84 bits per heavy atom. The molecule has 2 aromatic rings. The summed E-state index contributed by atoms with van der Waals surface area (Å²) in [6.45, 7) is 3.27. The minimum atomic E-state index is 0.939. The highest BCUT2D eigenvalue weighted by atomic mass is 16.5. The summed E-state index contributed by atoms with van der Waals surface area (Å²) in [5.41, 5.74) is 5.42. The van der Waals surface area contributed by atoms with Gasteiger partial charge in [0.25, 0.3) is 0 Å². The summed E-state index contributed by atoms with van der Waals surface area (Å²) < 4.78 is 5.34. The number of para-hydroxylation sites is 1. The van der Waals surface area contributed by atoms with Crippen LogP contribution in [0.15, 0.2) is 42.5 Å². The Hall–Kier alpha value is -1.96. The Morgan fingerprint density at radius 1 is 1.05 bits per heavy atom. The van der Waals surface area contributed by atoms with Crippen molar-refractivity contribution in [1.82, 2.24) is 0 Å². The molecule has 1 heterocycles. The van der Waals surface area contributed by atoms with Gasteiger partial charge in [0.2, 0.25) is 0 Å². The van der Waals surface area contributed by atoms with Crippen molar-refractivity contribution in [1.29, 1.82) is 0 Å². The predicted molar refractivity (Wildman–Crippen MR) is 79.5 cm³/mol. The summed E-state index contributed by atoms with van der Waals surface area (Å²) in [5, 5.41) is 0. The molecule has 0 aromatic heterocycles. The van der Waals surface area contributed by atoms with Gasteiger partial charge < -0.3 is 9.64 Å². The number of nitrogens with zero attached hydrogens (tertiary/aromatic N) is 1. The maximum Gasteiger partial charge on any atom is 0.119 e. The lowest BCUT2D eigenvalue weighted by Crippen LogP contribution is -2.24. The Balaban J connectivity index is 2.10. The zero-order chi connectivity index (χ0) is 13.2. The number of hydrogen-bond acceptors (Lipinski definition) is 2. The van der Waals surface area contributed by atoms with Crippen LogP contribution in [0.3, 0.4) is 0 Å². The zero-order valence-electron chi connectivity index (χ0n) is 11.5. The molecule has 0 saturated heterocycles. The Kier molecular flexibility index (Phi) is 3.16. The van der Waals surface area contributed by atoms with E-state index in [0.29, 0.717) is 0 Å². The monoisotopic (exact) mass is 253 g/mol. The maximum absolute atomic E-state index is 5.34. The maximum atomic E-state index is 5.34. The third-order valence-corrected chi connectivity index (χ3v) is 3.69. The van der Waals surface area contributed by atoms with Crippen LogP contribution in [-0.2, 0) is 6.42 Å². The largest absolute Gasteiger partial charge is 0.497 e. The third-order valence-electron chi connectivity index (χ3n) is 3.69. The van der Waals surface area contributed by atoms with Crippen LogP contribution >= 0.6 is 0 Å². The van der Waals surface area contributed by atoms with E-state index in [1.165, 1.54) is 22.5 Å². The standard InChI is InChI=1S/C17H19NO/c1-3-10-18-16-7-5-4-6-13(16)11-14-12-15(19-2)8-9-17(14)18/h4-9,12H,3,10-11H2,1-2H3. The lowest BCUT2D eigenvalue weighted by atomic mass is 9.95. The molecule has 2 nitrogen and oxygen atoms in total. The Labute approximate surface area is 114 Å². The lowest BCUT2D eigenvalue weighted by molar-refractivity contribution is 0.414. The molecule has 98 valence electrons. The van der Waals surface area contributed by atoms with Crippen LogP contribution < -0.4 is 9.64 Å². The number of benzene rings is 2. The lowest BCUT2D eigenvalue weighted by Gasteiger charge is -2.33. The van der Waals surface area contributed by atoms with Crippen LogP contribution in [0, 0.1) is 0 Å². The number of ether oxygens (including phenoxy) is 1. The normalized spacial score (nSPS) is 12.8. The van der Waals surface area contributed by atoms with E-state index in [2.05, 4.69) is 54.3 Å². The average molecular weight is 253 g/mol. The van der Waals surface area contributed by atoms with E-state index in [0.717, 1.165) is 25.1 Å². The second-order valence-electron chi connectivity index (χ2n) is 4.95. The first kappa shape index (κ1) is 12.1. The van der Waals surface area contributed by atoms with Gasteiger partial charge in [-0.25, -0.2) is 0 Å². The van der Waals surface area contributed by atoms with Gasteiger partial charge in [-0.3, -0.25) is 0 Å². The molecule has 0 fully saturated rings. The van der Waals surface area contributed by atoms with Gasteiger partial charge in [-0.15, -0.1) is 0 Å². The van der Waals surface area contributed by atoms with Crippen LogP contribution in [0.4, 0.5) is 11.4 Å². The van der Waals surface area contributed by atoms with Crippen molar-refractivity contribution in [2.24, 2.45) is 0 Å². The van der Waals surface area contributed by atoms with E-state index in [9.17, 15) is 0 Å². The first-order valence-electron chi connectivity index (χ1n) is 6.86. The summed E-state index contributed by atoms with van der Waals surface area (Å²) in [4.78, 5) is 2.42. The van der Waals surface area contributed by atoms with Gasteiger partial charge in [0.1, 0.15) is 5.75 Å². The van der Waals surface area contributed by atoms with Gasteiger partial charge in [-0.1, -0.05) is 25.1 Å². The van der Waals surface area contributed by atoms with Crippen molar-refractivity contribution in [2.75, 3.05) is 18.6 Å². The fourth-order valence-corrected chi connectivity index (χ4v) is 2.82. The molecule has 2 aromatic carbocycles. The highest BCUT2D eigenvalue weighted by Crippen LogP contribution is 2.39. The van der Waals surface area contributed by atoms with E-state index in [1.807, 2.05) is 0 Å². The first-order valence-corrected chi connectivity index (χ1v) is 6.86. The van der Waals surface area contributed by atoms with E-state index in [4.69, 9.17) is 4.74 Å². The summed E-state index contributed by atoms with van der Waals surface area (Å²) in [6, 6.07) is 15.1. The molecule has 1 aliphatic rings. The number of fused-ring (bicyclic) bond motifs is 2. The van der Waals surface area contributed by atoms with Crippen LogP contribution in [0.2, 0.25) is 0 Å². The van der Waals surface area contributed by atoms with Crippen LogP contribution in [0.25, 0.3) is 0 Å². The highest BCUT2D eigenvalue weighted by molar-refractivity contribution is 5.74. The van der Waals surface area contributed by atoms with E-state index < -0.39 is 0 Å². The Bertz CT molecular complexity index is 592. The predicted octanol–water partition coefficient (Wildman–Crippen LogP) is 4.15.